The van der Waals surface area contributed by atoms with Gasteiger partial charge in [0, 0.05) is 24.7 Å². The number of rotatable bonds is 2. The Morgan fingerprint density at radius 1 is 1.53 bits per heavy atom. The number of piperidine rings is 1. The molecule has 0 aromatic heterocycles. The van der Waals surface area contributed by atoms with E-state index in [1.165, 1.54) is 7.11 Å². The molecule has 0 spiro atoms. The molecule has 3 nitrogen and oxygen atoms in total. The van der Waals surface area contributed by atoms with Crippen molar-refractivity contribution in [3.05, 3.63) is 29.8 Å². The molecule has 0 saturated carbocycles. The number of amides is 1. The fourth-order valence-corrected chi connectivity index (χ4v) is 1.93. The molecule has 1 amide bonds. The van der Waals surface area contributed by atoms with Gasteiger partial charge in [0.05, 0.1) is 7.11 Å². The number of carbonyl (C=O) groups is 1. The lowest BCUT2D eigenvalue weighted by molar-refractivity contribution is 0.0666. The monoisotopic (exact) mass is 236 g/mol. The summed E-state index contributed by atoms with van der Waals surface area (Å²) in [5.74, 6) is 0.473. The molecule has 1 aromatic carbocycles. The van der Waals surface area contributed by atoms with Crippen molar-refractivity contribution in [3.8, 4) is 5.75 Å². The van der Waals surface area contributed by atoms with Crippen LogP contribution in [-0.4, -0.2) is 37.2 Å². The summed E-state index contributed by atoms with van der Waals surface area (Å²) in [6.45, 7) is 0.974. The fourth-order valence-electron chi connectivity index (χ4n) is 1.93. The van der Waals surface area contributed by atoms with Gasteiger partial charge in [0.1, 0.15) is 11.9 Å². The summed E-state index contributed by atoms with van der Waals surface area (Å²) >= 11 is 0. The van der Waals surface area contributed by atoms with Crippen molar-refractivity contribution in [3.63, 3.8) is 0 Å². The molecule has 1 saturated heterocycles. The molecule has 91 valence electrons. The third-order valence-electron chi connectivity index (χ3n) is 2.95. The zero-order chi connectivity index (χ0) is 12.3. The van der Waals surface area contributed by atoms with Crippen molar-refractivity contribution in [1.29, 1.82) is 0 Å². The highest BCUT2D eigenvalue weighted by Crippen LogP contribution is 2.18. The molecule has 0 aliphatic carbocycles. The number of benzene rings is 1. The number of hydrogen-bond donors (Lipinski definition) is 0. The molecule has 1 aliphatic heterocycles. The van der Waals surface area contributed by atoms with E-state index in [0.29, 0.717) is 37.2 Å². The first-order chi connectivity index (χ1) is 8.20. The Balaban J connectivity index is 2.08. The SMILES string of the molecule is COc1[c]ccc(C(=O)N2CCC(F)CC2)c1. The Morgan fingerprint density at radius 3 is 2.88 bits per heavy atom. The average Bonchev–Trinajstić information content (AvgIpc) is 2.39. The van der Waals surface area contributed by atoms with Gasteiger partial charge in [-0.25, -0.2) is 4.39 Å². The maximum absolute atomic E-state index is 13.0. The van der Waals surface area contributed by atoms with Gasteiger partial charge in [-0.3, -0.25) is 4.79 Å². The largest absolute Gasteiger partial charge is 0.496 e. The van der Waals surface area contributed by atoms with Crippen LogP contribution < -0.4 is 4.74 Å². The van der Waals surface area contributed by atoms with Crippen LogP contribution in [0.1, 0.15) is 23.2 Å². The van der Waals surface area contributed by atoms with Gasteiger partial charge in [0.15, 0.2) is 0 Å². The van der Waals surface area contributed by atoms with Crippen LogP contribution in [0.4, 0.5) is 4.39 Å². The van der Waals surface area contributed by atoms with Crippen LogP contribution in [-0.2, 0) is 0 Å². The summed E-state index contributed by atoms with van der Waals surface area (Å²) in [5.41, 5.74) is 0.568. The van der Waals surface area contributed by atoms with Crippen LogP contribution in [0.15, 0.2) is 18.2 Å². The van der Waals surface area contributed by atoms with Crippen LogP contribution in [0, 0.1) is 6.07 Å². The van der Waals surface area contributed by atoms with Crippen LogP contribution in [0.5, 0.6) is 5.75 Å². The van der Waals surface area contributed by atoms with Crippen molar-refractivity contribution >= 4 is 5.91 Å². The average molecular weight is 236 g/mol. The highest BCUT2D eigenvalue weighted by Gasteiger charge is 2.23. The van der Waals surface area contributed by atoms with Crippen LogP contribution in [0.3, 0.4) is 0 Å². The van der Waals surface area contributed by atoms with E-state index in [4.69, 9.17) is 4.74 Å². The van der Waals surface area contributed by atoms with Gasteiger partial charge in [-0.1, -0.05) is 0 Å². The second-order valence-electron chi connectivity index (χ2n) is 4.11. The molecule has 1 aromatic rings. The molecule has 0 atom stereocenters. The maximum Gasteiger partial charge on any atom is 0.253 e. The summed E-state index contributed by atoms with van der Waals surface area (Å²) in [4.78, 5) is 13.8. The topological polar surface area (TPSA) is 29.5 Å². The van der Waals surface area contributed by atoms with Crippen molar-refractivity contribution in [2.24, 2.45) is 0 Å². The Labute approximate surface area is 100 Å². The lowest BCUT2D eigenvalue weighted by atomic mass is 10.1. The fraction of sp³-hybridized carbons (Fsp3) is 0.462. The summed E-state index contributed by atoms with van der Waals surface area (Å²) in [6, 6.07) is 7.89. The van der Waals surface area contributed by atoms with Gasteiger partial charge in [0.25, 0.3) is 5.91 Å². The lowest BCUT2D eigenvalue weighted by Gasteiger charge is -2.28. The summed E-state index contributed by atoms with van der Waals surface area (Å²) in [5, 5.41) is 0. The Morgan fingerprint density at radius 2 is 2.24 bits per heavy atom. The van der Waals surface area contributed by atoms with Crippen LogP contribution in [0.25, 0.3) is 0 Å². The Kier molecular flexibility index (Phi) is 3.61. The predicted octanol–water partition coefficient (Wildman–Crippen LogP) is 2.07. The highest BCUT2D eigenvalue weighted by molar-refractivity contribution is 5.94. The van der Waals surface area contributed by atoms with E-state index in [9.17, 15) is 9.18 Å². The molecule has 4 heteroatoms. The van der Waals surface area contributed by atoms with E-state index in [0.717, 1.165) is 0 Å². The third kappa shape index (κ3) is 2.75. The molecule has 1 aliphatic rings. The van der Waals surface area contributed by atoms with Crippen molar-refractivity contribution in [2.45, 2.75) is 19.0 Å². The van der Waals surface area contributed by atoms with Crippen LogP contribution in [0.2, 0.25) is 0 Å². The van der Waals surface area contributed by atoms with Crippen molar-refractivity contribution in [1.82, 2.24) is 4.90 Å². The van der Waals surface area contributed by atoms with E-state index < -0.39 is 6.17 Å². The number of nitrogens with zero attached hydrogens (tertiary/aromatic N) is 1. The Bertz CT molecular complexity index is 400. The number of methoxy groups -OCH3 is 1. The number of hydrogen-bond acceptors (Lipinski definition) is 2. The number of carbonyl (C=O) groups excluding carboxylic acids is 1. The third-order valence-corrected chi connectivity index (χ3v) is 2.95. The summed E-state index contributed by atoms with van der Waals surface area (Å²) in [7, 11) is 1.54. The molecule has 2 rings (SSSR count). The lowest BCUT2D eigenvalue weighted by Crippen LogP contribution is -2.39. The van der Waals surface area contributed by atoms with Gasteiger partial charge < -0.3 is 9.64 Å². The van der Waals surface area contributed by atoms with E-state index >= 15 is 0 Å². The number of halogens is 1. The predicted molar refractivity (Wildman–Crippen MR) is 61.9 cm³/mol. The second kappa shape index (κ2) is 5.17. The quantitative estimate of drug-likeness (QED) is 0.786. The van der Waals surface area contributed by atoms with Gasteiger partial charge in [-0.05, 0) is 31.0 Å². The van der Waals surface area contributed by atoms with E-state index in [1.807, 2.05) is 0 Å². The van der Waals surface area contributed by atoms with E-state index in [1.54, 1.807) is 23.1 Å². The van der Waals surface area contributed by atoms with Crippen molar-refractivity contribution < 1.29 is 13.9 Å². The molecular formula is C13H15FNO2. The zero-order valence-corrected chi connectivity index (χ0v) is 9.78. The minimum atomic E-state index is -0.766. The molecule has 0 N–H and O–H groups in total. The second-order valence-corrected chi connectivity index (χ2v) is 4.11. The normalized spacial score (nSPS) is 16.9. The zero-order valence-electron chi connectivity index (χ0n) is 9.78. The molecular weight excluding hydrogens is 221 g/mol. The molecule has 0 unspecified atom stereocenters. The smallest absolute Gasteiger partial charge is 0.253 e. The minimum Gasteiger partial charge on any atom is -0.496 e. The number of alkyl halides is 1. The molecule has 1 heterocycles. The molecule has 1 fully saturated rings. The van der Waals surface area contributed by atoms with Gasteiger partial charge in [-0.15, -0.1) is 0 Å². The van der Waals surface area contributed by atoms with Crippen LogP contribution >= 0.6 is 0 Å². The summed E-state index contributed by atoms with van der Waals surface area (Å²) < 4.78 is 18.0. The van der Waals surface area contributed by atoms with Gasteiger partial charge >= 0.3 is 0 Å². The van der Waals surface area contributed by atoms with E-state index in [-0.39, 0.29) is 5.91 Å². The molecule has 0 bridgehead atoms. The van der Waals surface area contributed by atoms with Gasteiger partial charge in [-0.2, -0.15) is 0 Å². The highest BCUT2D eigenvalue weighted by atomic mass is 19.1. The molecule has 17 heavy (non-hydrogen) atoms. The summed E-state index contributed by atoms with van der Waals surface area (Å²) in [6.07, 6.45) is 0.0987. The number of likely N-dealkylation sites (tertiary alicyclic amines) is 1. The van der Waals surface area contributed by atoms with Gasteiger partial charge in [0.2, 0.25) is 0 Å². The number of ether oxygens (including phenoxy) is 1. The standard InChI is InChI=1S/C13H15FNO2/c1-17-12-4-2-3-10(9-12)13(16)15-7-5-11(14)6-8-15/h2-3,9,11H,5-8H2,1H3. The Hall–Kier alpha value is -1.58. The van der Waals surface area contributed by atoms with Crippen molar-refractivity contribution in [2.75, 3.05) is 20.2 Å². The minimum absolute atomic E-state index is 0.0656. The molecule has 1 radical (unpaired) electrons. The first-order valence-corrected chi connectivity index (χ1v) is 5.70. The van der Waals surface area contributed by atoms with E-state index in [2.05, 4.69) is 6.07 Å². The first kappa shape index (κ1) is 11.9. The maximum atomic E-state index is 13.0. The first-order valence-electron chi connectivity index (χ1n) is 5.70.